The van der Waals surface area contributed by atoms with Crippen molar-refractivity contribution < 1.29 is 0 Å². The lowest BCUT2D eigenvalue weighted by molar-refractivity contribution is 0.168. The van der Waals surface area contributed by atoms with Crippen molar-refractivity contribution in [3.8, 4) is 0 Å². The third-order valence-corrected chi connectivity index (χ3v) is 3.63. The smallest absolute Gasteiger partial charge is 0.0223 e. The van der Waals surface area contributed by atoms with Crippen LogP contribution in [-0.2, 0) is 0 Å². The summed E-state index contributed by atoms with van der Waals surface area (Å²) in [5.41, 5.74) is 0. The third kappa shape index (κ3) is 4.48. The van der Waals surface area contributed by atoms with Crippen LogP contribution >= 0.6 is 24.8 Å². The van der Waals surface area contributed by atoms with Gasteiger partial charge in [-0.25, -0.2) is 0 Å². The van der Waals surface area contributed by atoms with Gasteiger partial charge < -0.3 is 10.2 Å². The highest BCUT2D eigenvalue weighted by Gasteiger charge is 2.26. The zero-order valence-corrected chi connectivity index (χ0v) is 11.2. The van der Waals surface area contributed by atoms with Crippen molar-refractivity contribution in [2.24, 2.45) is 5.92 Å². The second-order valence-corrected chi connectivity index (χ2v) is 4.72. The van der Waals surface area contributed by atoms with Gasteiger partial charge in [-0.2, -0.15) is 0 Å². The van der Waals surface area contributed by atoms with E-state index in [0.29, 0.717) is 0 Å². The lowest BCUT2D eigenvalue weighted by Gasteiger charge is -2.37. The first-order valence-corrected chi connectivity index (χ1v) is 5.78. The molecule has 15 heavy (non-hydrogen) atoms. The Kier molecular flexibility index (Phi) is 7.98. The van der Waals surface area contributed by atoms with Gasteiger partial charge in [0, 0.05) is 25.7 Å². The van der Waals surface area contributed by atoms with Gasteiger partial charge in [0.25, 0.3) is 0 Å². The standard InChI is InChI=1S/C11H22N2.2ClH/c1-13-8-7-12-11(9-13)10-5-3-2-4-6-10;;/h10-12H,2-9H2,1H3;2*1H. The van der Waals surface area contributed by atoms with Gasteiger partial charge in [0.05, 0.1) is 0 Å². The van der Waals surface area contributed by atoms with Crippen LogP contribution < -0.4 is 5.32 Å². The number of hydrogen-bond donors (Lipinski definition) is 1. The van der Waals surface area contributed by atoms with Crippen molar-refractivity contribution in [3.63, 3.8) is 0 Å². The highest BCUT2D eigenvalue weighted by Crippen LogP contribution is 2.27. The van der Waals surface area contributed by atoms with Crippen LogP contribution in [0.1, 0.15) is 32.1 Å². The van der Waals surface area contributed by atoms with Gasteiger partial charge in [-0.05, 0) is 25.8 Å². The molecule has 0 radical (unpaired) electrons. The number of nitrogens with one attached hydrogen (secondary N) is 1. The van der Waals surface area contributed by atoms with Crippen molar-refractivity contribution >= 4 is 24.8 Å². The van der Waals surface area contributed by atoms with E-state index in [0.717, 1.165) is 12.0 Å². The van der Waals surface area contributed by atoms with Gasteiger partial charge in [-0.1, -0.05) is 19.3 Å². The molecular formula is C11H24Cl2N2. The zero-order valence-electron chi connectivity index (χ0n) is 9.58. The summed E-state index contributed by atoms with van der Waals surface area (Å²) >= 11 is 0. The molecule has 4 heteroatoms. The molecule has 0 bridgehead atoms. The summed E-state index contributed by atoms with van der Waals surface area (Å²) < 4.78 is 0. The van der Waals surface area contributed by atoms with E-state index in [1.165, 1.54) is 51.7 Å². The molecule has 1 aliphatic heterocycles. The van der Waals surface area contributed by atoms with Crippen LogP contribution in [0.5, 0.6) is 0 Å². The molecule has 1 atom stereocenters. The number of hydrogen-bond acceptors (Lipinski definition) is 2. The van der Waals surface area contributed by atoms with E-state index < -0.39 is 0 Å². The second kappa shape index (κ2) is 7.72. The minimum Gasteiger partial charge on any atom is -0.311 e. The van der Waals surface area contributed by atoms with Gasteiger partial charge >= 0.3 is 0 Å². The lowest BCUT2D eigenvalue weighted by Crippen LogP contribution is -2.52. The average Bonchev–Trinajstić information content (AvgIpc) is 2.19. The van der Waals surface area contributed by atoms with Crippen LogP contribution in [0.15, 0.2) is 0 Å². The van der Waals surface area contributed by atoms with Gasteiger partial charge in [0.2, 0.25) is 0 Å². The van der Waals surface area contributed by atoms with Crippen LogP contribution in [-0.4, -0.2) is 37.6 Å². The summed E-state index contributed by atoms with van der Waals surface area (Å²) in [5.74, 6) is 0.969. The van der Waals surface area contributed by atoms with Gasteiger partial charge in [-0.3, -0.25) is 0 Å². The van der Waals surface area contributed by atoms with Crippen molar-refractivity contribution in [3.05, 3.63) is 0 Å². The molecule has 1 heterocycles. The van der Waals surface area contributed by atoms with E-state index in [4.69, 9.17) is 0 Å². The topological polar surface area (TPSA) is 15.3 Å². The lowest BCUT2D eigenvalue weighted by atomic mass is 9.83. The Hall–Kier alpha value is 0.500. The highest BCUT2D eigenvalue weighted by molar-refractivity contribution is 5.85. The summed E-state index contributed by atoms with van der Waals surface area (Å²) in [6.07, 6.45) is 7.33. The summed E-state index contributed by atoms with van der Waals surface area (Å²) in [6.45, 7) is 3.69. The molecule has 2 fully saturated rings. The van der Waals surface area contributed by atoms with Crippen LogP contribution in [0.4, 0.5) is 0 Å². The number of halogens is 2. The maximum absolute atomic E-state index is 3.68. The van der Waals surface area contributed by atoms with Crippen molar-refractivity contribution in [2.45, 2.75) is 38.1 Å². The predicted molar refractivity (Wildman–Crippen MR) is 70.4 cm³/mol. The zero-order chi connectivity index (χ0) is 9.10. The minimum absolute atomic E-state index is 0. The molecule has 1 saturated carbocycles. The van der Waals surface area contributed by atoms with Crippen molar-refractivity contribution in [2.75, 3.05) is 26.7 Å². The van der Waals surface area contributed by atoms with Gasteiger partial charge in [-0.15, -0.1) is 24.8 Å². The quantitative estimate of drug-likeness (QED) is 0.773. The molecule has 1 N–H and O–H groups in total. The second-order valence-electron chi connectivity index (χ2n) is 4.72. The fraction of sp³-hybridized carbons (Fsp3) is 1.00. The molecule has 0 amide bonds. The summed E-state index contributed by atoms with van der Waals surface area (Å²) in [4.78, 5) is 2.47. The van der Waals surface area contributed by atoms with E-state index in [-0.39, 0.29) is 24.8 Å². The van der Waals surface area contributed by atoms with Crippen LogP contribution in [0.25, 0.3) is 0 Å². The number of piperazine rings is 1. The Balaban J connectivity index is 0.000000980. The molecule has 0 aromatic carbocycles. The first kappa shape index (κ1) is 15.5. The van der Waals surface area contributed by atoms with Crippen molar-refractivity contribution in [1.29, 1.82) is 0 Å². The number of nitrogens with zero attached hydrogens (tertiary/aromatic N) is 1. The third-order valence-electron chi connectivity index (χ3n) is 3.63. The van der Waals surface area contributed by atoms with E-state index >= 15 is 0 Å². The van der Waals surface area contributed by atoms with Crippen LogP contribution in [0.2, 0.25) is 0 Å². The van der Waals surface area contributed by atoms with E-state index in [1.54, 1.807) is 0 Å². The number of likely N-dealkylation sites (N-methyl/N-ethyl adjacent to an activating group) is 1. The fourth-order valence-electron chi connectivity index (χ4n) is 2.78. The Bertz CT molecular complexity index is 161. The van der Waals surface area contributed by atoms with Gasteiger partial charge in [0.15, 0.2) is 0 Å². The SMILES string of the molecule is CN1CCNC(C2CCCCC2)C1.Cl.Cl. The molecule has 0 spiro atoms. The molecule has 0 aromatic rings. The Morgan fingerprint density at radius 2 is 1.73 bits per heavy atom. The molecule has 1 unspecified atom stereocenters. The highest BCUT2D eigenvalue weighted by atomic mass is 35.5. The van der Waals surface area contributed by atoms with E-state index in [2.05, 4.69) is 17.3 Å². The van der Waals surface area contributed by atoms with E-state index in [9.17, 15) is 0 Å². The average molecular weight is 255 g/mol. The normalized spacial score (nSPS) is 29.0. The maximum atomic E-state index is 3.68. The fourth-order valence-corrected chi connectivity index (χ4v) is 2.78. The molecule has 0 aromatic heterocycles. The Labute approximate surface area is 106 Å². The Morgan fingerprint density at radius 3 is 2.33 bits per heavy atom. The maximum Gasteiger partial charge on any atom is 0.0223 e. The number of rotatable bonds is 1. The summed E-state index contributed by atoms with van der Waals surface area (Å²) in [5, 5.41) is 3.68. The first-order chi connectivity index (χ1) is 6.36. The minimum atomic E-state index is 0. The summed E-state index contributed by atoms with van der Waals surface area (Å²) in [6, 6.07) is 0.791. The molecule has 2 rings (SSSR count). The molecule has 92 valence electrons. The Morgan fingerprint density at radius 1 is 1.07 bits per heavy atom. The molecule has 2 nitrogen and oxygen atoms in total. The monoisotopic (exact) mass is 254 g/mol. The molecule has 2 aliphatic rings. The molecular weight excluding hydrogens is 231 g/mol. The largest absolute Gasteiger partial charge is 0.311 e. The van der Waals surface area contributed by atoms with Crippen molar-refractivity contribution in [1.82, 2.24) is 10.2 Å². The van der Waals surface area contributed by atoms with Gasteiger partial charge in [0.1, 0.15) is 0 Å². The van der Waals surface area contributed by atoms with Crippen LogP contribution in [0.3, 0.4) is 0 Å². The summed E-state index contributed by atoms with van der Waals surface area (Å²) in [7, 11) is 2.25. The predicted octanol–water partition coefficient (Wildman–Crippen LogP) is 2.31. The molecule has 1 aliphatic carbocycles. The molecule has 1 saturated heterocycles. The van der Waals surface area contributed by atoms with Crippen LogP contribution in [0, 0.1) is 5.92 Å². The first-order valence-electron chi connectivity index (χ1n) is 5.78. The van der Waals surface area contributed by atoms with E-state index in [1.807, 2.05) is 0 Å².